The van der Waals surface area contributed by atoms with Crippen molar-refractivity contribution >= 4 is 45.6 Å². The van der Waals surface area contributed by atoms with Crippen LogP contribution in [-0.2, 0) is 4.79 Å². The highest BCUT2D eigenvalue weighted by Crippen LogP contribution is 2.32. The zero-order valence-electron chi connectivity index (χ0n) is 15.2. The van der Waals surface area contributed by atoms with Gasteiger partial charge in [0, 0.05) is 24.2 Å². The molecule has 6 nitrogen and oxygen atoms in total. The minimum absolute atomic E-state index is 0.133. The van der Waals surface area contributed by atoms with Gasteiger partial charge in [-0.05, 0) is 42.8 Å². The largest absolute Gasteiger partial charge is 0.391 e. The lowest BCUT2D eigenvalue weighted by Gasteiger charge is -2.18. The maximum absolute atomic E-state index is 12.4. The number of amides is 1. The van der Waals surface area contributed by atoms with Gasteiger partial charge in [-0.15, -0.1) is 0 Å². The normalized spacial score (nSPS) is 16.4. The van der Waals surface area contributed by atoms with Crippen LogP contribution in [0.3, 0.4) is 0 Å². The van der Waals surface area contributed by atoms with E-state index in [-0.39, 0.29) is 18.6 Å². The average Bonchev–Trinajstić information content (AvgIpc) is 3.15. The Kier molecular flexibility index (Phi) is 5.32. The predicted octanol–water partition coefficient (Wildman–Crippen LogP) is 3.51. The zero-order chi connectivity index (χ0) is 19.5. The fourth-order valence-electron chi connectivity index (χ4n) is 3.34. The molecular weight excluding hydrogens is 376 g/mol. The number of pyridine rings is 1. The fourth-order valence-corrected chi connectivity index (χ4v) is 3.55. The first-order valence-corrected chi connectivity index (χ1v) is 9.59. The molecule has 1 amide bonds. The zero-order valence-corrected chi connectivity index (χ0v) is 16.0. The number of anilines is 3. The van der Waals surface area contributed by atoms with Crippen molar-refractivity contribution in [3.63, 3.8) is 0 Å². The van der Waals surface area contributed by atoms with Crippen LogP contribution >= 0.6 is 11.6 Å². The molecule has 3 aromatic rings. The summed E-state index contributed by atoms with van der Waals surface area (Å²) in [4.78, 5) is 19.1. The van der Waals surface area contributed by atoms with E-state index in [4.69, 9.17) is 11.6 Å². The number of fused-ring (bicyclic) bond motifs is 1. The number of rotatable bonds is 5. The number of carbonyl (C=O) groups is 1. The molecule has 4 rings (SSSR count). The molecule has 28 heavy (non-hydrogen) atoms. The van der Waals surface area contributed by atoms with E-state index in [1.807, 2.05) is 48.5 Å². The topological polar surface area (TPSA) is 77.5 Å². The van der Waals surface area contributed by atoms with Crippen LogP contribution in [0.5, 0.6) is 0 Å². The Morgan fingerprint density at radius 2 is 2.00 bits per heavy atom. The number of nitrogens with zero attached hydrogens (tertiary/aromatic N) is 2. The molecule has 0 spiro atoms. The summed E-state index contributed by atoms with van der Waals surface area (Å²) in [5, 5.41) is 17.0. The number of aliphatic hydroxyl groups excluding tert-OH is 1. The average molecular weight is 397 g/mol. The molecule has 1 aliphatic rings. The summed E-state index contributed by atoms with van der Waals surface area (Å²) >= 11 is 6.34. The predicted molar refractivity (Wildman–Crippen MR) is 113 cm³/mol. The molecule has 0 aliphatic carbocycles. The number of halogens is 1. The van der Waals surface area contributed by atoms with Gasteiger partial charge in [0.2, 0.25) is 5.91 Å². The Morgan fingerprint density at radius 3 is 2.75 bits per heavy atom. The van der Waals surface area contributed by atoms with E-state index in [9.17, 15) is 9.90 Å². The maximum Gasteiger partial charge on any atom is 0.243 e. The number of nitrogens with one attached hydrogen (secondary N) is 2. The molecular formula is C21H21ClN4O2. The van der Waals surface area contributed by atoms with E-state index in [1.54, 1.807) is 6.07 Å². The summed E-state index contributed by atoms with van der Waals surface area (Å²) in [7, 11) is 0. The smallest absolute Gasteiger partial charge is 0.243 e. The lowest BCUT2D eigenvalue weighted by Crippen LogP contribution is -2.23. The van der Waals surface area contributed by atoms with Gasteiger partial charge in [0.15, 0.2) is 0 Å². The molecule has 3 N–H and O–H groups in total. The first kappa shape index (κ1) is 18.5. The van der Waals surface area contributed by atoms with Crippen molar-refractivity contribution in [2.75, 3.05) is 35.2 Å². The van der Waals surface area contributed by atoms with Crippen molar-refractivity contribution in [2.45, 2.75) is 12.5 Å². The van der Waals surface area contributed by atoms with Crippen molar-refractivity contribution in [1.29, 1.82) is 0 Å². The Morgan fingerprint density at radius 1 is 1.18 bits per heavy atom. The third-order valence-corrected chi connectivity index (χ3v) is 5.10. The molecule has 2 heterocycles. The van der Waals surface area contributed by atoms with E-state index in [0.717, 1.165) is 35.4 Å². The van der Waals surface area contributed by atoms with Gasteiger partial charge >= 0.3 is 0 Å². The lowest BCUT2D eigenvalue weighted by molar-refractivity contribution is -0.114. The fraction of sp³-hybridized carbons (Fsp3) is 0.238. The van der Waals surface area contributed by atoms with Crippen LogP contribution < -0.4 is 15.5 Å². The molecule has 0 bridgehead atoms. The molecule has 1 atom stereocenters. The Balaban J connectivity index is 1.52. The van der Waals surface area contributed by atoms with Gasteiger partial charge in [-0.1, -0.05) is 29.8 Å². The molecule has 7 heteroatoms. The Bertz CT molecular complexity index is 996. The molecule has 0 saturated carbocycles. The van der Waals surface area contributed by atoms with Gasteiger partial charge in [-0.3, -0.25) is 4.79 Å². The van der Waals surface area contributed by atoms with Gasteiger partial charge in [-0.25, -0.2) is 4.98 Å². The molecule has 1 unspecified atom stereocenters. The summed E-state index contributed by atoms with van der Waals surface area (Å²) in [6.07, 6.45) is 0.436. The highest BCUT2D eigenvalue weighted by molar-refractivity contribution is 6.35. The molecule has 2 aromatic carbocycles. The minimum Gasteiger partial charge on any atom is -0.391 e. The maximum atomic E-state index is 12.4. The van der Waals surface area contributed by atoms with Crippen LogP contribution in [0.15, 0.2) is 54.6 Å². The molecule has 1 fully saturated rings. The molecule has 1 aliphatic heterocycles. The van der Waals surface area contributed by atoms with Crippen LogP contribution in [0.4, 0.5) is 17.2 Å². The van der Waals surface area contributed by atoms with E-state index in [1.165, 1.54) is 0 Å². The van der Waals surface area contributed by atoms with Gasteiger partial charge < -0.3 is 20.6 Å². The first-order chi connectivity index (χ1) is 13.6. The standard InChI is InChI=1S/C21H21ClN4O2/c22-17-7-8-18-16(6-9-19(24-18)26-11-10-15(27)13-26)21(17)25-20(28)12-23-14-4-2-1-3-5-14/h1-9,15,23,27H,10-13H2,(H,25,28). The summed E-state index contributed by atoms with van der Waals surface area (Å²) in [6, 6.07) is 16.9. The number of aliphatic hydroxyl groups is 1. The SMILES string of the molecule is O=C(CNc1ccccc1)Nc1c(Cl)ccc2nc(N3CCC(O)C3)ccc12. The molecule has 0 radical (unpaired) electrons. The van der Waals surface area contributed by atoms with Gasteiger partial charge in [0.05, 0.1) is 28.9 Å². The Labute approximate surface area is 168 Å². The summed E-state index contributed by atoms with van der Waals surface area (Å²) in [5.41, 5.74) is 2.18. The van der Waals surface area contributed by atoms with Crippen LogP contribution in [0.2, 0.25) is 5.02 Å². The first-order valence-electron chi connectivity index (χ1n) is 9.21. The number of hydrogen-bond acceptors (Lipinski definition) is 5. The van der Waals surface area contributed by atoms with Crippen molar-refractivity contribution in [2.24, 2.45) is 0 Å². The summed E-state index contributed by atoms with van der Waals surface area (Å²) in [5.74, 6) is 0.624. The highest BCUT2D eigenvalue weighted by Gasteiger charge is 2.22. The third kappa shape index (κ3) is 4.03. The van der Waals surface area contributed by atoms with Crippen LogP contribution in [-0.4, -0.2) is 41.7 Å². The third-order valence-electron chi connectivity index (χ3n) is 4.78. The van der Waals surface area contributed by atoms with Crippen LogP contribution in [0, 0.1) is 0 Å². The van der Waals surface area contributed by atoms with E-state index < -0.39 is 0 Å². The number of para-hydroxylation sites is 1. The van der Waals surface area contributed by atoms with Crippen LogP contribution in [0.25, 0.3) is 10.9 Å². The second kappa shape index (κ2) is 8.04. The number of hydrogen-bond donors (Lipinski definition) is 3. The van der Waals surface area contributed by atoms with Crippen molar-refractivity contribution in [3.05, 3.63) is 59.6 Å². The summed E-state index contributed by atoms with van der Waals surface area (Å²) < 4.78 is 0. The second-order valence-corrected chi connectivity index (χ2v) is 7.22. The van der Waals surface area contributed by atoms with Crippen molar-refractivity contribution < 1.29 is 9.90 Å². The number of β-amino-alcohol motifs (C(OH)–C–C–N with tert-alkyl or cyclic N) is 1. The van der Waals surface area contributed by atoms with E-state index in [2.05, 4.69) is 20.5 Å². The monoisotopic (exact) mass is 396 g/mol. The van der Waals surface area contributed by atoms with Gasteiger partial charge in [0.1, 0.15) is 5.82 Å². The van der Waals surface area contributed by atoms with Crippen LogP contribution in [0.1, 0.15) is 6.42 Å². The number of aromatic nitrogens is 1. The summed E-state index contributed by atoms with van der Waals surface area (Å²) in [6.45, 7) is 1.50. The lowest BCUT2D eigenvalue weighted by atomic mass is 10.1. The quantitative estimate of drug-likeness (QED) is 0.615. The molecule has 144 valence electrons. The van der Waals surface area contributed by atoms with Crippen molar-refractivity contribution in [3.8, 4) is 0 Å². The van der Waals surface area contributed by atoms with E-state index >= 15 is 0 Å². The number of benzene rings is 2. The van der Waals surface area contributed by atoms with Gasteiger partial charge in [0.25, 0.3) is 0 Å². The van der Waals surface area contributed by atoms with E-state index in [0.29, 0.717) is 17.3 Å². The van der Waals surface area contributed by atoms with Gasteiger partial charge in [-0.2, -0.15) is 0 Å². The molecule has 1 aromatic heterocycles. The van der Waals surface area contributed by atoms with Crippen molar-refractivity contribution in [1.82, 2.24) is 4.98 Å². The molecule has 1 saturated heterocycles. The number of carbonyl (C=O) groups excluding carboxylic acids is 1. The highest BCUT2D eigenvalue weighted by atomic mass is 35.5. The Hall–Kier alpha value is -2.83. The second-order valence-electron chi connectivity index (χ2n) is 6.81. The minimum atomic E-state index is -0.310.